The van der Waals surface area contributed by atoms with Gasteiger partial charge in [0.2, 0.25) is 0 Å². The lowest BCUT2D eigenvalue weighted by Gasteiger charge is -2.36. The van der Waals surface area contributed by atoms with Gasteiger partial charge in [-0.25, -0.2) is 9.97 Å². The smallest absolute Gasteiger partial charge is 0.139 e. The number of likely N-dealkylation sites (N-methyl/N-ethyl adjacent to an activating group) is 1. The monoisotopic (exact) mass is 300 g/mol. The number of para-hydroxylation sites is 1. The predicted octanol–water partition coefficient (Wildman–Crippen LogP) is 2.18. The summed E-state index contributed by atoms with van der Waals surface area (Å²) in [7, 11) is 2.10. The lowest BCUT2D eigenvalue weighted by Crippen LogP contribution is -2.47. The predicted molar refractivity (Wildman–Crippen MR) is 89.3 cm³/mol. The maximum absolute atomic E-state index is 5.79. The first-order valence-corrected chi connectivity index (χ1v) is 7.92. The van der Waals surface area contributed by atoms with E-state index < -0.39 is 0 Å². The van der Waals surface area contributed by atoms with Crippen molar-refractivity contribution in [1.82, 2.24) is 14.9 Å². The molecule has 5 nitrogen and oxygen atoms in total. The molecule has 1 aliphatic rings. The molecule has 22 heavy (non-hydrogen) atoms. The molecule has 0 unspecified atom stereocenters. The Morgan fingerprint density at radius 2 is 1.91 bits per heavy atom. The maximum Gasteiger partial charge on any atom is 0.139 e. The fourth-order valence-corrected chi connectivity index (χ4v) is 3.16. The number of ether oxygens (including phenoxy) is 1. The van der Waals surface area contributed by atoms with Crippen LogP contribution in [0.15, 0.2) is 30.6 Å². The standard InChI is InChI=1S/C17H24N4O/c1-13-10-21(11-14(2)22-13)9-8-20(3)17-15-6-4-5-7-16(15)18-12-19-17/h4-7,12-14H,8-11H2,1-3H3/t13-,14+. The molecule has 5 heteroatoms. The van der Waals surface area contributed by atoms with E-state index in [0.29, 0.717) is 12.2 Å². The summed E-state index contributed by atoms with van der Waals surface area (Å²) in [6.45, 7) is 8.26. The number of morpholine rings is 1. The molecule has 1 aliphatic heterocycles. The maximum atomic E-state index is 5.79. The molecule has 3 rings (SSSR count). The number of nitrogens with zero attached hydrogens (tertiary/aromatic N) is 4. The van der Waals surface area contributed by atoms with Crippen molar-refractivity contribution >= 4 is 16.7 Å². The van der Waals surface area contributed by atoms with E-state index in [2.05, 4.69) is 46.7 Å². The van der Waals surface area contributed by atoms with E-state index >= 15 is 0 Å². The van der Waals surface area contributed by atoms with Gasteiger partial charge in [0.05, 0.1) is 17.7 Å². The average Bonchev–Trinajstić information content (AvgIpc) is 2.51. The topological polar surface area (TPSA) is 41.5 Å². The van der Waals surface area contributed by atoms with Crippen molar-refractivity contribution in [2.75, 3.05) is 38.1 Å². The third-order valence-corrected chi connectivity index (χ3v) is 4.13. The van der Waals surface area contributed by atoms with Crippen LogP contribution in [0.3, 0.4) is 0 Å². The van der Waals surface area contributed by atoms with Gasteiger partial charge in [-0.15, -0.1) is 0 Å². The minimum absolute atomic E-state index is 0.314. The van der Waals surface area contributed by atoms with Crippen LogP contribution in [-0.2, 0) is 4.74 Å². The van der Waals surface area contributed by atoms with Crippen molar-refractivity contribution in [3.05, 3.63) is 30.6 Å². The first-order chi connectivity index (χ1) is 10.6. The van der Waals surface area contributed by atoms with Crippen LogP contribution in [0.1, 0.15) is 13.8 Å². The Kier molecular flexibility index (Phi) is 4.55. The second-order valence-corrected chi connectivity index (χ2v) is 6.15. The van der Waals surface area contributed by atoms with E-state index in [1.54, 1.807) is 6.33 Å². The Balaban J connectivity index is 1.67. The van der Waals surface area contributed by atoms with E-state index in [0.717, 1.165) is 42.9 Å². The molecule has 2 heterocycles. The minimum atomic E-state index is 0.314. The zero-order valence-corrected chi connectivity index (χ0v) is 13.6. The second-order valence-electron chi connectivity index (χ2n) is 6.15. The molecule has 0 amide bonds. The summed E-state index contributed by atoms with van der Waals surface area (Å²) in [6, 6.07) is 8.16. The zero-order valence-electron chi connectivity index (χ0n) is 13.6. The quantitative estimate of drug-likeness (QED) is 0.865. The molecule has 118 valence electrons. The molecule has 1 aromatic carbocycles. The van der Waals surface area contributed by atoms with Crippen LogP contribution in [0.2, 0.25) is 0 Å². The van der Waals surface area contributed by atoms with Crippen LogP contribution >= 0.6 is 0 Å². The first-order valence-electron chi connectivity index (χ1n) is 7.92. The van der Waals surface area contributed by atoms with E-state index in [1.807, 2.05) is 18.2 Å². The lowest BCUT2D eigenvalue weighted by atomic mass is 10.2. The summed E-state index contributed by atoms with van der Waals surface area (Å²) in [6.07, 6.45) is 2.27. The number of anilines is 1. The number of benzene rings is 1. The molecule has 2 aromatic rings. The highest BCUT2D eigenvalue weighted by atomic mass is 16.5. The molecule has 0 spiro atoms. The van der Waals surface area contributed by atoms with Gasteiger partial charge in [-0.3, -0.25) is 4.90 Å². The molecule has 0 radical (unpaired) electrons. The summed E-state index contributed by atoms with van der Waals surface area (Å²) in [4.78, 5) is 13.5. The third-order valence-electron chi connectivity index (χ3n) is 4.13. The summed E-state index contributed by atoms with van der Waals surface area (Å²) in [5.74, 6) is 1.000. The van der Waals surface area contributed by atoms with Gasteiger partial charge in [-0.1, -0.05) is 12.1 Å². The molecule has 0 aliphatic carbocycles. The SMILES string of the molecule is C[C@@H]1CN(CCN(C)c2ncnc3ccccc23)C[C@H](C)O1. The summed E-state index contributed by atoms with van der Waals surface area (Å²) in [5.41, 5.74) is 0.993. The number of fused-ring (bicyclic) bond motifs is 1. The van der Waals surface area contributed by atoms with Crippen LogP contribution < -0.4 is 4.90 Å². The lowest BCUT2D eigenvalue weighted by molar-refractivity contribution is -0.0670. The molecule has 0 N–H and O–H groups in total. The van der Waals surface area contributed by atoms with Crippen LogP contribution in [-0.4, -0.2) is 60.3 Å². The zero-order chi connectivity index (χ0) is 15.5. The third kappa shape index (κ3) is 3.36. The van der Waals surface area contributed by atoms with Gasteiger partial charge in [0.1, 0.15) is 12.1 Å². The van der Waals surface area contributed by atoms with E-state index in [1.165, 1.54) is 0 Å². The molecule has 1 saturated heterocycles. The number of aromatic nitrogens is 2. The Bertz CT molecular complexity index is 618. The Morgan fingerprint density at radius 1 is 1.18 bits per heavy atom. The van der Waals surface area contributed by atoms with Crippen LogP contribution in [0, 0.1) is 0 Å². The number of rotatable bonds is 4. The summed E-state index contributed by atoms with van der Waals surface area (Å²) in [5, 5.41) is 1.11. The molecular formula is C17H24N4O. The average molecular weight is 300 g/mol. The molecule has 1 aromatic heterocycles. The van der Waals surface area contributed by atoms with Gasteiger partial charge >= 0.3 is 0 Å². The van der Waals surface area contributed by atoms with Crippen molar-refractivity contribution in [2.45, 2.75) is 26.1 Å². The normalized spacial score (nSPS) is 22.9. The van der Waals surface area contributed by atoms with Gasteiger partial charge in [0.15, 0.2) is 0 Å². The van der Waals surface area contributed by atoms with Crippen molar-refractivity contribution in [3.8, 4) is 0 Å². The molecular weight excluding hydrogens is 276 g/mol. The number of hydrogen-bond donors (Lipinski definition) is 0. The van der Waals surface area contributed by atoms with Crippen molar-refractivity contribution in [2.24, 2.45) is 0 Å². The van der Waals surface area contributed by atoms with Gasteiger partial charge < -0.3 is 9.64 Å². The van der Waals surface area contributed by atoms with Gasteiger partial charge in [-0.05, 0) is 26.0 Å². The van der Waals surface area contributed by atoms with Gasteiger partial charge in [-0.2, -0.15) is 0 Å². The van der Waals surface area contributed by atoms with E-state index in [9.17, 15) is 0 Å². The van der Waals surface area contributed by atoms with Crippen molar-refractivity contribution < 1.29 is 4.74 Å². The Labute approximate surface area is 131 Å². The molecule has 2 atom stereocenters. The highest BCUT2D eigenvalue weighted by Gasteiger charge is 2.22. The Morgan fingerprint density at radius 3 is 2.68 bits per heavy atom. The Hall–Kier alpha value is -1.72. The van der Waals surface area contributed by atoms with Crippen LogP contribution in [0.25, 0.3) is 10.9 Å². The molecule has 0 bridgehead atoms. The van der Waals surface area contributed by atoms with Crippen molar-refractivity contribution in [3.63, 3.8) is 0 Å². The fraction of sp³-hybridized carbons (Fsp3) is 0.529. The number of hydrogen-bond acceptors (Lipinski definition) is 5. The second kappa shape index (κ2) is 6.58. The van der Waals surface area contributed by atoms with E-state index in [-0.39, 0.29) is 0 Å². The van der Waals surface area contributed by atoms with Crippen molar-refractivity contribution in [1.29, 1.82) is 0 Å². The highest BCUT2D eigenvalue weighted by Crippen LogP contribution is 2.21. The molecule has 1 fully saturated rings. The van der Waals surface area contributed by atoms with Gasteiger partial charge in [0, 0.05) is 38.6 Å². The van der Waals surface area contributed by atoms with Gasteiger partial charge in [0.25, 0.3) is 0 Å². The van der Waals surface area contributed by atoms with Crippen LogP contribution in [0.5, 0.6) is 0 Å². The van der Waals surface area contributed by atoms with E-state index in [4.69, 9.17) is 4.74 Å². The highest BCUT2D eigenvalue weighted by molar-refractivity contribution is 5.89. The molecule has 0 saturated carbocycles. The fourth-order valence-electron chi connectivity index (χ4n) is 3.16. The first kappa shape index (κ1) is 15.2. The van der Waals surface area contributed by atoms with Crippen LogP contribution in [0.4, 0.5) is 5.82 Å². The minimum Gasteiger partial charge on any atom is -0.373 e. The largest absolute Gasteiger partial charge is 0.373 e. The summed E-state index contributed by atoms with van der Waals surface area (Å²) >= 11 is 0. The summed E-state index contributed by atoms with van der Waals surface area (Å²) < 4.78 is 5.79.